The van der Waals surface area contributed by atoms with Gasteiger partial charge in [-0.25, -0.2) is 0 Å². The van der Waals surface area contributed by atoms with E-state index in [0.29, 0.717) is 30.3 Å². The van der Waals surface area contributed by atoms with Crippen molar-refractivity contribution in [2.24, 2.45) is 5.92 Å². The molecule has 0 bridgehead atoms. The van der Waals surface area contributed by atoms with E-state index in [-0.39, 0.29) is 19.1 Å². The Morgan fingerprint density at radius 1 is 1.33 bits per heavy atom. The molecule has 0 fully saturated rings. The summed E-state index contributed by atoms with van der Waals surface area (Å²) in [4.78, 5) is 12.2. The number of benzene rings is 1. The molecule has 0 spiro atoms. The van der Waals surface area contributed by atoms with Crippen LogP contribution in [0.5, 0.6) is 5.75 Å². The monoisotopic (exact) mass is 295 g/mol. The highest BCUT2D eigenvalue weighted by atomic mass is 16.5. The van der Waals surface area contributed by atoms with Gasteiger partial charge in [0.25, 0.3) is 5.91 Å². The Kier molecular flexibility index (Phi) is 6.65. The molecule has 0 heterocycles. The minimum atomic E-state index is -0.994. The van der Waals surface area contributed by atoms with Gasteiger partial charge in [-0.2, -0.15) is 0 Å². The highest BCUT2D eigenvalue weighted by Gasteiger charge is 2.28. The predicted molar refractivity (Wildman–Crippen MR) is 81.4 cm³/mol. The van der Waals surface area contributed by atoms with Crippen LogP contribution < -0.4 is 10.1 Å². The number of aliphatic hydroxyl groups is 2. The maximum absolute atomic E-state index is 12.2. The molecular weight excluding hydrogens is 270 g/mol. The summed E-state index contributed by atoms with van der Waals surface area (Å²) in [5, 5.41) is 21.4. The normalized spacial score (nSPS) is 11.5. The molecule has 1 rings (SSSR count). The third-order valence-electron chi connectivity index (χ3n) is 3.34. The molecule has 21 heavy (non-hydrogen) atoms. The Bertz CT molecular complexity index is 447. The Morgan fingerprint density at radius 2 is 2.00 bits per heavy atom. The van der Waals surface area contributed by atoms with Crippen LogP contribution in [0.3, 0.4) is 0 Å². The summed E-state index contributed by atoms with van der Waals surface area (Å²) in [5.41, 5.74) is -0.553. The van der Waals surface area contributed by atoms with Crippen LogP contribution in [-0.4, -0.2) is 41.5 Å². The average molecular weight is 295 g/mol. The SMILES string of the molecule is CCC(CO)(CO)NC(=O)c1cccc(OCC(C)C)c1. The lowest BCUT2D eigenvalue weighted by Crippen LogP contribution is -2.53. The molecule has 0 saturated carbocycles. The molecule has 0 aromatic heterocycles. The first-order chi connectivity index (χ1) is 9.96. The van der Waals surface area contributed by atoms with Crippen molar-refractivity contribution >= 4 is 5.91 Å². The highest BCUT2D eigenvalue weighted by Crippen LogP contribution is 2.16. The molecule has 0 saturated heterocycles. The number of hydrogen-bond acceptors (Lipinski definition) is 4. The molecule has 0 aliphatic rings. The van der Waals surface area contributed by atoms with Gasteiger partial charge in [0.05, 0.1) is 25.4 Å². The number of hydrogen-bond donors (Lipinski definition) is 3. The fraction of sp³-hybridized carbons (Fsp3) is 0.562. The summed E-state index contributed by atoms with van der Waals surface area (Å²) < 4.78 is 5.59. The molecule has 5 nitrogen and oxygen atoms in total. The molecule has 118 valence electrons. The van der Waals surface area contributed by atoms with E-state index in [0.717, 1.165) is 0 Å². The Labute approximate surface area is 125 Å². The van der Waals surface area contributed by atoms with Crippen molar-refractivity contribution in [1.29, 1.82) is 0 Å². The van der Waals surface area contributed by atoms with E-state index in [4.69, 9.17) is 4.74 Å². The van der Waals surface area contributed by atoms with Gasteiger partial charge in [0.2, 0.25) is 0 Å². The van der Waals surface area contributed by atoms with Crippen LogP contribution in [0.15, 0.2) is 24.3 Å². The van der Waals surface area contributed by atoms with Gasteiger partial charge in [-0.15, -0.1) is 0 Å². The van der Waals surface area contributed by atoms with Gasteiger partial charge in [-0.3, -0.25) is 4.79 Å². The first-order valence-corrected chi connectivity index (χ1v) is 7.23. The molecule has 0 radical (unpaired) electrons. The van der Waals surface area contributed by atoms with Crippen molar-refractivity contribution in [1.82, 2.24) is 5.32 Å². The van der Waals surface area contributed by atoms with Crippen molar-refractivity contribution in [3.8, 4) is 5.75 Å². The Morgan fingerprint density at radius 3 is 2.52 bits per heavy atom. The van der Waals surface area contributed by atoms with E-state index in [1.807, 2.05) is 0 Å². The summed E-state index contributed by atoms with van der Waals surface area (Å²) in [6, 6.07) is 6.88. The fourth-order valence-electron chi connectivity index (χ4n) is 1.74. The van der Waals surface area contributed by atoms with Gasteiger partial charge >= 0.3 is 0 Å². The molecule has 0 unspecified atom stereocenters. The molecule has 1 amide bonds. The van der Waals surface area contributed by atoms with Crippen molar-refractivity contribution in [3.05, 3.63) is 29.8 Å². The zero-order valence-electron chi connectivity index (χ0n) is 12.9. The number of carbonyl (C=O) groups excluding carboxylic acids is 1. The first-order valence-electron chi connectivity index (χ1n) is 7.23. The van der Waals surface area contributed by atoms with E-state index in [1.54, 1.807) is 31.2 Å². The maximum atomic E-state index is 12.2. The largest absolute Gasteiger partial charge is 0.493 e. The minimum absolute atomic E-state index is 0.310. The van der Waals surface area contributed by atoms with Gasteiger partial charge in [-0.1, -0.05) is 26.8 Å². The highest BCUT2D eigenvalue weighted by molar-refractivity contribution is 5.95. The Hall–Kier alpha value is -1.59. The topological polar surface area (TPSA) is 78.8 Å². The van der Waals surface area contributed by atoms with Crippen LogP contribution in [0.2, 0.25) is 0 Å². The molecule has 1 aromatic rings. The summed E-state index contributed by atoms with van der Waals surface area (Å²) in [5.74, 6) is 0.695. The van der Waals surface area contributed by atoms with Crippen molar-refractivity contribution in [3.63, 3.8) is 0 Å². The zero-order valence-corrected chi connectivity index (χ0v) is 12.9. The number of aliphatic hydroxyl groups excluding tert-OH is 2. The lowest BCUT2D eigenvalue weighted by atomic mass is 9.98. The van der Waals surface area contributed by atoms with Crippen LogP contribution in [-0.2, 0) is 0 Å². The van der Waals surface area contributed by atoms with Gasteiger partial charge in [0.1, 0.15) is 5.75 Å². The minimum Gasteiger partial charge on any atom is -0.493 e. The quantitative estimate of drug-likeness (QED) is 0.680. The predicted octanol–water partition coefficient (Wildman–Crippen LogP) is 1.58. The summed E-state index contributed by atoms with van der Waals surface area (Å²) in [6.07, 6.45) is 0.440. The molecule has 0 atom stereocenters. The van der Waals surface area contributed by atoms with Gasteiger partial charge in [0.15, 0.2) is 0 Å². The summed E-state index contributed by atoms with van der Waals surface area (Å²) in [7, 11) is 0. The van der Waals surface area contributed by atoms with Crippen LogP contribution >= 0.6 is 0 Å². The van der Waals surface area contributed by atoms with Gasteiger partial charge < -0.3 is 20.3 Å². The smallest absolute Gasteiger partial charge is 0.252 e. The van der Waals surface area contributed by atoms with E-state index in [9.17, 15) is 15.0 Å². The van der Waals surface area contributed by atoms with Gasteiger partial charge in [-0.05, 0) is 30.5 Å². The average Bonchev–Trinajstić information content (AvgIpc) is 2.51. The second-order valence-corrected chi connectivity index (χ2v) is 5.64. The lowest BCUT2D eigenvalue weighted by molar-refractivity contribution is 0.0652. The van der Waals surface area contributed by atoms with E-state index < -0.39 is 5.54 Å². The van der Waals surface area contributed by atoms with Crippen molar-refractivity contribution in [2.45, 2.75) is 32.7 Å². The number of carbonyl (C=O) groups is 1. The molecule has 0 aliphatic carbocycles. The summed E-state index contributed by atoms with van der Waals surface area (Å²) >= 11 is 0. The summed E-state index contributed by atoms with van der Waals surface area (Å²) in [6.45, 7) is 5.86. The standard InChI is InChI=1S/C16H25NO4/c1-4-16(10-18,11-19)17-15(20)13-6-5-7-14(8-13)21-9-12(2)3/h5-8,12,18-19H,4,9-11H2,1-3H3,(H,17,20). The first kappa shape index (κ1) is 17.5. The van der Waals surface area contributed by atoms with Crippen LogP contribution in [0, 0.1) is 5.92 Å². The zero-order chi connectivity index (χ0) is 15.9. The Balaban J connectivity index is 2.80. The molecule has 0 aliphatic heterocycles. The van der Waals surface area contributed by atoms with E-state index in [2.05, 4.69) is 19.2 Å². The van der Waals surface area contributed by atoms with Crippen molar-refractivity contribution < 1.29 is 19.7 Å². The number of nitrogens with one attached hydrogen (secondary N) is 1. The molecule has 5 heteroatoms. The lowest BCUT2D eigenvalue weighted by Gasteiger charge is -2.29. The van der Waals surface area contributed by atoms with E-state index >= 15 is 0 Å². The molecular formula is C16H25NO4. The van der Waals surface area contributed by atoms with Crippen LogP contribution in [0.25, 0.3) is 0 Å². The van der Waals surface area contributed by atoms with Gasteiger partial charge in [0, 0.05) is 5.56 Å². The second-order valence-electron chi connectivity index (χ2n) is 5.64. The maximum Gasteiger partial charge on any atom is 0.252 e. The number of amides is 1. The van der Waals surface area contributed by atoms with Crippen LogP contribution in [0.1, 0.15) is 37.6 Å². The van der Waals surface area contributed by atoms with Crippen molar-refractivity contribution in [2.75, 3.05) is 19.8 Å². The molecule has 3 N–H and O–H groups in total. The third-order valence-corrected chi connectivity index (χ3v) is 3.34. The third kappa shape index (κ3) is 5.02. The van der Waals surface area contributed by atoms with E-state index in [1.165, 1.54) is 0 Å². The fourth-order valence-corrected chi connectivity index (χ4v) is 1.74. The number of rotatable bonds is 8. The van der Waals surface area contributed by atoms with Crippen LogP contribution in [0.4, 0.5) is 0 Å². The molecule has 1 aromatic carbocycles. The second kappa shape index (κ2) is 8.00. The number of ether oxygens (including phenoxy) is 1.